The van der Waals surface area contributed by atoms with Crippen LogP contribution in [0.3, 0.4) is 0 Å². The van der Waals surface area contributed by atoms with Gasteiger partial charge in [-0.25, -0.2) is 4.79 Å². The Morgan fingerprint density at radius 1 is 1.00 bits per heavy atom. The molecule has 0 N–H and O–H groups in total. The predicted octanol–water partition coefficient (Wildman–Crippen LogP) is 5.45. The molecule has 3 aromatic rings. The fourth-order valence-electron chi connectivity index (χ4n) is 2.91. The first-order valence-electron chi connectivity index (χ1n) is 9.64. The molecule has 170 valence electrons. The maximum atomic E-state index is 13.7. The molecular weight excluding hydrogens is 431 g/mol. The molecule has 0 spiro atoms. The summed E-state index contributed by atoms with van der Waals surface area (Å²) in [4.78, 5) is 26.3. The average Bonchev–Trinajstić information content (AvgIpc) is 2.76. The molecule has 0 aliphatic heterocycles. The zero-order valence-corrected chi connectivity index (χ0v) is 17.5. The van der Waals surface area contributed by atoms with Crippen molar-refractivity contribution in [1.82, 2.24) is 4.90 Å². The van der Waals surface area contributed by atoms with E-state index in [9.17, 15) is 22.8 Å². The smallest absolute Gasteiger partial charge is 0.453 e. The van der Waals surface area contributed by atoms with Crippen LogP contribution < -0.4 is 19.6 Å². The Bertz CT molecular complexity index is 1170. The first-order chi connectivity index (χ1) is 15.2. The van der Waals surface area contributed by atoms with Gasteiger partial charge in [0.1, 0.15) is 22.8 Å². The molecule has 0 saturated carbocycles. The van der Waals surface area contributed by atoms with Gasteiger partial charge in [-0.2, -0.15) is 13.2 Å². The minimum atomic E-state index is -5.01. The second kappa shape index (κ2) is 9.21. The van der Waals surface area contributed by atoms with E-state index in [0.29, 0.717) is 18.8 Å². The molecule has 1 heterocycles. The summed E-state index contributed by atoms with van der Waals surface area (Å²) in [7, 11) is 1.43. The van der Waals surface area contributed by atoms with E-state index in [1.807, 2.05) is 0 Å². The van der Waals surface area contributed by atoms with Crippen LogP contribution in [0.2, 0.25) is 0 Å². The summed E-state index contributed by atoms with van der Waals surface area (Å²) in [6.45, 7) is 4.29. The van der Waals surface area contributed by atoms with E-state index in [4.69, 9.17) is 18.6 Å². The number of hydrogen-bond donors (Lipinski definition) is 0. The summed E-state index contributed by atoms with van der Waals surface area (Å²) >= 11 is 0. The number of nitrogens with zero attached hydrogens (tertiary/aromatic N) is 1. The lowest BCUT2D eigenvalue weighted by Crippen LogP contribution is -2.33. The summed E-state index contributed by atoms with van der Waals surface area (Å²) in [5.74, 6) is -2.20. The second-order valence-electron chi connectivity index (χ2n) is 6.56. The molecule has 32 heavy (non-hydrogen) atoms. The van der Waals surface area contributed by atoms with Gasteiger partial charge in [0.25, 0.3) is 5.76 Å². The number of carbonyl (C=O) groups is 1. The van der Waals surface area contributed by atoms with E-state index >= 15 is 0 Å². The van der Waals surface area contributed by atoms with E-state index in [0.717, 1.165) is 6.07 Å². The summed E-state index contributed by atoms with van der Waals surface area (Å²) in [5.41, 5.74) is -1.41. The number of amides is 1. The molecule has 1 aromatic heterocycles. The van der Waals surface area contributed by atoms with E-state index < -0.39 is 34.8 Å². The van der Waals surface area contributed by atoms with Gasteiger partial charge in [0.15, 0.2) is 0 Å². The van der Waals surface area contributed by atoms with E-state index in [1.165, 1.54) is 48.4 Å². The number of benzene rings is 2. The average molecular weight is 451 g/mol. The number of ether oxygens (including phenoxy) is 3. The number of rotatable bonds is 6. The van der Waals surface area contributed by atoms with Crippen molar-refractivity contribution in [3.8, 4) is 23.0 Å². The largest absolute Gasteiger partial charge is 0.497 e. The maximum Gasteiger partial charge on any atom is 0.453 e. The zero-order valence-electron chi connectivity index (χ0n) is 17.5. The van der Waals surface area contributed by atoms with Gasteiger partial charge in [0.2, 0.25) is 11.2 Å². The van der Waals surface area contributed by atoms with Gasteiger partial charge in [-0.15, -0.1) is 0 Å². The van der Waals surface area contributed by atoms with E-state index in [-0.39, 0.29) is 16.9 Å². The fourth-order valence-corrected chi connectivity index (χ4v) is 2.91. The Labute approximate surface area is 180 Å². The number of carbonyl (C=O) groups excluding carboxylic acids is 1. The van der Waals surface area contributed by atoms with Crippen molar-refractivity contribution < 1.29 is 36.6 Å². The number of methoxy groups -OCH3 is 1. The highest BCUT2D eigenvalue weighted by Gasteiger charge is 2.40. The molecule has 0 aliphatic rings. The quantitative estimate of drug-likeness (QED) is 0.496. The first-order valence-corrected chi connectivity index (χ1v) is 9.64. The highest BCUT2D eigenvalue weighted by atomic mass is 19.4. The van der Waals surface area contributed by atoms with Crippen LogP contribution in [0, 0.1) is 0 Å². The van der Waals surface area contributed by atoms with Crippen molar-refractivity contribution in [2.24, 2.45) is 0 Å². The lowest BCUT2D eigenvalue weighted by atomic mass is 10.2. The van der Waals surface area contributed by atoms with Crippen LogP contribution in [-0.4, -0.2) is 31.2 Å². The van der Waals surface area contributed by atoms with Gasteiger partial charge in [0.05, 0.1) is 12.5 Å². The molecule has 0 radical (unpaired) electrons. The lowest BCUT2D eigenvalue weighted by Gasteiger charge is -2.18. The van der Waals surface area contributed by atoms with Crippen LogP contribution in [0.15, 0.2) is 51.7 Å². The Balaban J connectivity index is 2.05. The van der Waals surface area contributed by atoms with Crippen molar-refractivity contribution in [3.05, 3.63) is 58.4 Å². The second-order valence-corrected chi connectivity index (χ2v) is 6.56. The van der Waals surface area contributed by atoms with Gasteiger partial charge < -0.3 is 23.5 Å². The summed E-state index contributed by atoms with van der Waals surface area (Å²) in [5, 5.41) is -0.163. The molecule has 3 rings (SSSR count). The minimum absolute atomic E-state index is 0.00674. The fraction of sp³-hybridized carbons (Fsp3) is 0.273. The SMILES string of the molecule is CCN(CC)C(=O)Oc1ccc2c(=O)c(Oc3ccc(OC)cc3)c(C(F)(F)F)oc2c1. The molecule has 10 heteroatoms. The van der Waals surface area contributed by atoms with Crippen LogP contribution >= 0.6 is 0 Å². The van der Waals surface area contributed by atoms with Gasteiger partial charge >= 0.3 is 12.3 Å². The molecule has 0 aliphatic carbocycles. The monoisotopic (exact) mass is 451 g/mol. The zero-order chi connectivity index (χ0) is 23.5. The van der Waals surface area contributed by atoms with Crippen molar-refractivity contribution in [1.29, 1.82) is 0 Å². The Morgan fingerprint density at radius 2 is 1.59 bits per heavy atom. The summed E-state index contributed by atoms with van der Waals surface area (Å²) < 4.78 is 61.4. The number of alkyl halides is 3. The van der Waals surface area contributed by atoms with Crippen LogP contribution in [-0.2, 0) is 6.18 Å². The standard InChI is InChI=1S/C22H20F3NO6/c1-4-26(5-2)21(28)31-15-10-11-16-17(12-15)32-20(22(23,24)25)19(18(16)27)30-14-8-6-13(29-3)7-9-14/h6-12H,4-5H2,1-3H3. The van der Waals surface area contributed by atoms with Crippen molar-refractivity contribution in [2.45, 2.75) is 20.0 Å². The van der Waals surface area contributed by atoms with E-state index in [1.54, 1.807) is 13.8 Å². The van der Waals surface area contributed by atoms with Crippen LogP contribution in [0.1, 0.15) is 19.6 Å². The van der Waals surface area contributed by atoms with E-state index in [2.05, 4.69) is 0 Å². The summed E-state index contributed by atoms with van der Waals surface area (Å²) in [6.07, 6.45) is -5.68. The first kappa shape index (κ1) is 23.0. The molecule has 1 amide bonds. The lowest BCUT2D eigenvalue weighted by molar-refractivity contribution is -0.154. The van der Waals surface area contributed by atoms with Crippen LogP contribution in [0.4, 0.5) is 18.0 Å². The van der Waals surface area contributed by atoms with Crippen molar-refractivity contribution in [3.63, 3.8) is 0 Å². The van der Waals surface area contributed by atoms with Gasteiger partial charge in [-0.05, 0) is 50.2 Å². The Kier molecular flexibility index (Phi) is 6.61. The molecular formula is C22H20F3NO6. The number of fused-ring (bicyclic) bond motifs is 1. The molecule has 7 nitrogen and oxygen atoms in total. The Morgan fingerprint density at radius 3 is 2.16 bits per heavy atom. The third kappa shape index (κ3) is 4.79. The molecule has 0 bridgehead atoms. The molecule has 0 saturated heterocycles. The topological polar surface area (TPSA) is 78.2 Å². The molecule has 0 atom stereocenters. The van der Waals surface area contributed by atoms with Gasteiger partial charge in [-0.1, -0.05) is 0 Å². The van der Waals surface area contributed by atoms with Gasteiger partial charge in [0, 0.05) is 19.2 Å². The minimum Gasteiger partial charge on any atom is -0.497 e. The number of hydrogen-bond acceptors (Lipinski definition) is 6. The maximum absolute atomic E-state index is 13.7. The van der Waals surface area contributed by atoms with Crippen molar-refractivity contribution >= 4 is 17.1 Å². The molecule has 2 aromatic carbocycles. The highest BCUT2D eigenvalue weighted by Crippen LogP contribution is 2.38. The third-order valence-corrected chi connectivity index (χ3v) is 4.59. The van der Waals surface area contributed by atoms with Gasteiger partial charge in [-0.3, -0.25) is 4.79 Å². The normalized spacial score (nSPS) is 11.3. The van der Waals surface area contributed by atoms with Crippen molar-refractivity contribution in [2.75, 3.05) is 20.2 Å². The molecule has 0 fully saturated rings. The predicted molar refractivity (Wildman–Crippen MR) is 109 cm³/mol. The van der Waals surface area contributed by atoms with Crippen LogP contribution in [0.25, 0.3) is 11.0 Å². The molecule has 0 unspecified atom stereocenters. The Hall–Kier alpha value is -3.69. The third-order valence-electron chi connectivity index (χ3n) is 4.59. The summed E-state index contributed by atoms with van der Waals surface area (Å²) in [6, 6.07) is 9.24. The number of halogens is 3. The van der Waals surface area contributed by atoms with Crippen LogP contribution in [0.5, 0.6) is 23.0 Å². The highest BCUT2D eigenvalue weighted by molar-refractivity contribution is 5.81.